The Morgan fingerprint density at radius 1 is 1.06 bits per heavy atom. The van der Waals surface area contributed by atoms with Gasteiger partial charge in [0.1, 0.15) is 17.4 Å². The van der Waals surface area contributed by atoms with Crippen molar-refractivity contribution >= 4 is 29.3 Å². The lowest BCUT2D eigenvalue weighted by Crippen LogP contribution is -2.37. The van der Waals surface area contributed by atoms with Crippen molar-refractivity contribution in [3.05, 3.63) is 69.9 Å². The third kappa shape index (κ3) is 5.00. The minimum absolute atomic E-state index is 0. The molecule has 4 rings (SSSR count). The number of para-hydroxylation sites is 1. The molecule has 1 fully saturated rings. The maximum Gasteiger partial charge on any atom is 0.342 e. The van der Waals surface area contributed by atoms with Gasteiger partial charge in [-0.1, -0.05) is 42.8 Å². The summed E-state index contributed by atoms with van der Waals surface area (Å²) in [6, 6.07) is 14.5. The summed E-state index contributed by atoms with van der Waals surface area (Å²) in [4.78, 5) is 28.3. The van der Waals surface area contributed by atoms with Gasteiger partial charge in [-0.25, -0.2) is 4.79 Å². The van der Waals surface area contributed by atoms with Crippen LogP contribution < -0.4 is 5.43 Å². The normalized spacial score (nSPS) is 15.3. The average Bonchev–Trinajstić information content (AvgIpc) is 2.77. The zero-order valence-corrected chi connectivity index (χ0v) is 18.7. The van der Waals surface area contributed by atoms with E-state index in [-0.39, 0.29) is 35.1 Å². The van der Waals surface area contributed by atoms with E-state index in [4.69, 9.17) is 9.15 Å². The maximum absolute atomic E-state index is 13.0. The van der Waals surface area contributed by atoms with E-state index in [0.717, 1.165) is 25.2 Å². The highest BCUT2D eigenvalue weighted by molar-refractivity contribution is 6.02. The number of esters is 1. The fraction of sp³-hybridized carbons (Fsp3) is 0.360. The lowest BCUT2D eigenvalue weighted by atomic mass is 10.0. The summed E-state index contributed by atoms with van der Waals surface area (Å²) in [7, 11) is 0. The Labute approximate surface area is 188 Å². The summed E-state index contributed by atoms with van der Waals surface area (Å²) >= 11 is 0. The first-order chi connectivity index (χ1) is 14.5. The molecule has 1 aromatic heterocycles. The summed E-state index contributed by atoms with van der Waals surface area (Å²) in [6.45, 7) is 6.47. The molecule has 0 saturated carbocycles. The van der Waals surface area contributed by atoms with Crippen LogP contribution in [0.2, 0.25) is 0 Å². The molecular weight excluding hydrogens is 414 g/mol. The van der Waals surface area contributed by atoms with Crippen LogP contribution in [0.3, 0.4) is 0 Å². The number of hydrogen-bond donors (Lipinski definition) is 0. The second kappa shape index (κ2) is 10.1. The smallest absolute Gasteiger partial charge is 0.342 e. The zero-order valence-electron chi connectivity index (χ0n) is 17.9. The van der Waals surface area contributed by atoms with Crippen LogP contribution in [0.5, 0.6) is 0 Å². The first kappa shape index (κ1) is 23.0. The lowest BCUT2D eigenvalue weighted by Gasteiger charge is -2.28. The number of carbonyl (C=O) groups is 1. The van der Waals surface area contributed by atoms with Crippen molar-refractivity contribution in [2.75, 3.05) is 19.6 Å². The molecule has 2 heterocycles. The molecule has 0 radical (unpaired) electrons. The van der Waals surface area contributed by atoms with E-state index in [2.05, 4.69) is 4.90 Å². The molecule has 6 heteroatoms. The molecule has 2 aromatic carbocycles. The third-order valence-corrected chi connectivity index (χ3v) is 5.67. The van der Waals surface area contributed by atoms with Crippen LogP contribution in [-0.4, -0.2) is 36.6 Å². The first-order valence-electron chi connectivity index (χ1n) is 10.6. The molecule has 1 atom stereocenters. The third-order valence-electron chi connectivity index (χ3n) is 5.67. The molecule has 0 N–H and O–H groups in total. The molecule has 1 saturated heterocycles. The molecule has 5 nitrogen and oxygen atoms in total. The Hall–Kier alpha value is -2.63. The van der Waals surface area contributed by atoms with Crippen LogP contribution in [0.1, 0.15) is 42.1 Å². The highest BCUT2D eigenvalue weighted by Gasteiger charge is 2.22. The topological polar surface area (TPSA) is 59.8 Å². The predicted octanol–water partition coefficient (Wildman–Crippen LogP) is 5.22. The van der Waals surface area contributed by atoms with Crippen molar-refractivity contribution in [2.24, 2.45) is 0 Å². The summed E-state index contributed by atoms with van der Waals surface area (Å²) in [5.41, 5.74) is 1.76. The number of nitrogens with zero attached hydrogens (tertiary/aromatic N) is 1. The molecule has 0 spiro atoms. The Balaban J connectivity index is 0.00000272. The minimum Gasteiger partial charge on any atom is -0.458 e. The van der Waals surface area contributed by atoms with Gasteiger partial charge in [0.15, 0.2) is 11.0 Å². The van der Waals surface area contributed by atoms with Gasteiger partial charge in [-0.15, -0.1) is 12.4 Å². The highest BCUT2D eigenvalue weighted by Crippen LogP contribution is 2.27. The van der Waals surface area contributed by atoms with Gasteiger partial charge in [0.25, 0.3) is 0 Å². The molecule has 1 aliphatic rings. The number of carbonyl (C=O) groups excluding carboxylic acids is 1. The number of ether oxygens (including phenoxy) is 1. The van der Waals surface area contributed by atoms with Gasteiger partial charge >= 0.3 is 5.97 Å². The lowest BCUT2D eigenvalue weighted by molar-refractivity contribution is 0.0237. The van der Waals surface area contributed by atoms with Crippen LogP contribution >= 0.6 is 12.4 Å². The van der Waals surface area contributed by atoms with Crippen molar-refractivity contribution in [3.63, 3.8) is 0 Å². The maximum atomic E-state index is 13.0. The SMILES string of the molecule is Cc1c(-c2ccccc2)oc2c(C(=O)OC(C)CN3CCCCC3)cccc2c1=O.Cl. The van der Waals surface area contributed by atoms with E-state index >= 15 is 0 Å². The van der Waals surface area contributed by atoms with E-state index in [1.54, 1.807) is 25.1 Å². The fourth-order valence-corrected chi connectivity index (χ4v) is 4.12. The first-order valence-corrected chi connectivity index (χ1v) is 10.6. The summed E-state index contributed by atoms with van der Waals surface area (Å²) in [5, 5.41) is 0.394. The Morgan fingerprint density at radius 3 is 2.48 bits per heavy atom. The number of rotatable bonds is 5. The van der Waals surface area contributed by atoms with Gasteiger partial charge in [0, 0.05) is 17.7 Å². The number of fused-ring (bicyclic) bond motifs is 1. The van der Waals surface area contributed by atoms with Gasteiger partial charge in [-0.2, -0.15) is 0 Å². The molecule has 0 bridgehead atoms. The van der Waals surface area contributed by atoms with E-state index in [1.807, 2.05) is 37.3 Å². The number of hydrogen-bond acceptors (Lipinski definition) is 5. The standard InChI is InChI=1S/C25H27NO4.ClH/c1-17(16-26-14-7-4-8-15-26)29-25(28)21-13-9-12-20-22(27)18(2)23(30-24(20)21)19-10-5-3-6-11-19;/h3,5-6,9-13,17H,4,7-8,14-16H2,1-2H3;1H. The number of piperidine rings is 1. The molecule has 0 amide bonds. The largest absolute Gasteiger partial charge is 0.458 e. The highest BCUT2D eigenvalue weighted by atomic mass is 35.5. The molecule has 1 unspecified atom stereocenters. The van der Waals surface area contributed by atoms with Gasteiger partial charge in [-0.05, 0) is 51.9 Å². The zero-order chi connectivity index (χ0) is 21.1. The van der Waals surface area contributed by atoms with Crippen molar-refractivity contribution < 1.29 is 13.9 Å². The van der Waals surface area contributed by atoms with Gasteiger partial charge in [-0.3, -0.25) is 9.69 Å². The molecule has 1 aliphatic heterocycles. The van der Waals surface area contributed by atoms with Crippen LogP contribution in [0, 0.1) is 6.92 Å². The molecule has 0 aliphatic carbocycles. The quantitative estimate of drug-likeness (QED) is 0.508. The molecule has 164 valence electrons. The van der Waals surface area contributed by atoms with Crippen molar-refractivity contribution in [3.8, 4) is 11.3 Å². The second-order valence-corrected chi connectivity index (χ2v) is 8.01. The van der Waals surface area contributed by atoms with Crippen molar-refractivity contribution in [1.82, 2.24) is 4.90 Å². The van der Waals surface area contributed by atoms with Gasteiger partial charge in [0.2, 0.25) is 0 Å². The van der Waals surface area contributed by atoms with Crippen LogP contribution in [0.15, 0.2) is 57.7 Å². The van der Waals surface area contributed by atoms with Crippen molar-refractivity contribution in [2.45, 2.75) is 39.2 Å². The predicted molar refractivity (Wildman–Crippen MR) is 125 cm³/mol. The Kier molecular flexibility index (Phi) is 7.52. The number of likely N-dealkylation sites (tertiary alicyclic amines) is 1. The van der Waals surface area contributed by atoms with Crippen LogP contribution in [0.25, 0.3) is 22.3 Å². The van der Waals surface area contributed by atoms with E-state index in [0.29, 0.717) is 16.7 Å². The summed E-state index contributed by atoms with van der Waals surface area (Å²) in [6.07, 6.45) is 3.41. The van der Waals surface area contributed by atoms with Gasteiger partial charge in [0.05, 0.1) is 5.39 Å². The average molecular weight is 442 g/mol. The van der Waals surface area contributed by atoms with E-state index in [9.17, 15) is 9.59 Å². The fourth-order valence-electron chi connectivity index (χ4n) is 4.12. The molecule has 31 heavy (non-hydrogen) atoms. The number of halogens is 1. The molecule has 3 aromatic rings. The van der Waals surface area contributed by atoms with Crippen LogP contribution in [-0.2, 0) is 4.74 Å². The minimum atomic E-state index is -0.462. The van der Waals surface area contributed by atoms with Gasteiger partial charge < -0.3 is 9.15 Å². The Morgan fingerprint density at radius 2 is 1.77 bits per heavy atom. The summed E-state index contributed by atoms with van der Waals surface area (Å²) in [5.74, 6) is 0.0193. The summed E-state index contributed by atoms with van der Waals surface area (Å²) < 4.78 is 11.9. The monoisotopic (exact) mass is 441 g/mol. The molecular formula is C25H28ClNO4. The van der Waals surface area contributed by atoms with Crippen molar-refractivity contribution in [1.29, 1.82) is 0 Å². The second-order valence-electron chi connectivity index (χ2n) is 8.01. The Bertz CT molecular complexity index is 1100. The van der Waals surface area contributed by atoms with E-state index < -0.39 is 5.97 Å². The van der Waals surface area contributed by atoms with E-state index in [1.165, 1.54) is 19.3 Å². The van der Waals surface area contributed by atoms with Crippen LogP contribution in [0.4, 0.5) is 0 Å². The number of benzene rings is 2.